The zero-order valence-corrected chi connectivity index (χ0v) is 25.0. The van der Waals surface area contributed by atoms with Gasteiger partial charge in [-0.1, -0.05) is 103 Å². The number of nitrogens with zero attached hydrogens (tertiary/aromatic N) is 2. The topological polar surface area (TPSA) is 17.4 Å². The van der Waals surface area contributed by atoms with Crippen LogP contribution in [0.25, 0.3) is 55.5 Å². The van der Waals surface area contributed by atoms with Crippen LogP contribution in [0.2, 0.25) is 0 Å². The number of aromatic nitrogens is 1. The van der Waals surface area contributed by atoms with E-state index in [0.717, 1.165) is 46.2 Å². The lowest BCUT2D eigenvalue weighted by atomic mass is 9.90. The predicted molar refractivity (Wildman–Crippen MR) is 191 cm³/mol. The molecule has 0 radical (unpaired) electrons. The summed E-state index contributed by atoms with van der Waals surface area (Å²) in [5.74, 6) is 1.80. The van der Waals surface area contributed by atoms with Crippen LogP contribution in [0.5, 0.6) is 11.5 Å². The quantitative estimate of drug-likeness (QED) is 0.204. The van der Waals surface area contributed by atoms with Crippen molar-refractivity contribution in [2.75, 3.05) is 4.90 Å². The van der Waals surface area contributed by atoms with Crippen molar-refractivity contribution >= 4 is 55.7 Å². The number of hydrogen-bond donors (Lipinski definition) is 0. The summed E-state index contributed by atoms with van der Waals surface area (Å²) in [6, 6.07) is 52.3. The van der Waals surface area contributed by atoms with Crippen LogP contribution < -0.4 is 9.64 Å². The van der Waals surface area contributed by atoms with Crippen LogP contribution in [-0.2, 0) is 6.42 Å². The second-order valence-electron chi connectivity index (χ2n) is 12.1. The minimum atomic E-state index is 0.835. The molecule has 8 aromatic rings. The van der Waals surface area contributed by atoms with Crippen LogP contribution >= 0.6 is 0 Å². The van der Waals surface area contributed by atoms with Gasteiger partial charge >= 0.3 is 0 Å². The molecule has 46 heavy (non-hydrogen) atoms. The van der Waals surface area contributed by atoms with E-state index in [0.29, 0.717) is 0 Å². The fourth-order valence-corrected chi connectivity index (χ4v) is 7.52. The van der Waals surface area contributed by atoms with E-state index in [1.54, 1.807) is 0 Å². The summed E-state index contributed by atoms with van der Waals surface area (Å²) in [7, 11) is 0. The molecular weight excluding hydrogens is 560 g/mol. The largest absolute Gasteiger partial charge is 0.453 e. The molecule has 1 aliphatic heterocycles. The van der Waals surface area contributed by atoms with E-state index in [4.69, 9.17) is 4.74 Å². The molecule has 0 saturated carbocycles. The number of benzene rings is 7. The zero-order chi connectivity index (χ0) is 30.2. The molecule has 0 saturated heterocycles. The van der Waals surface area contributed by atoms with E-state index >= 15 is 0 Å². The van der Waals surface area contributed by atoms with Crippen LogP contribution in [0.15, 0.2) is 152 Å². The van der Waals surface area contributed by atoms with Crippen LogP contribution in [0.4, 0.5) is 17.1 Å². The highest BCUT2D eigenvalue weighted by Gasteiger charge is 2.31. The van der Waals surface area contributed by atoms with Crippen molar-refractivity contribution in [3.8, 4) is 28.3 Å². The zero-order valence-electron chi connectivity index (χ0n) is 25.0. The third-order valence-electron chi connectivity index (χ3n) is 9.54. The Morgan fingerprint density at radius 1 is 0.543 bits per heavy atom. The molecule has 1 aliphatic carbocycles. The van der Waals surface area contributed by atoms with Gasteiger partial charge in [0.25, 0.3) is 0 Å². The first kappa shape index (κ1) is 25.3. The Kier molecular flexibility index (Phi) is 5.34. The molecule has 2 heterocycles. The van der Waals surface area contributed by atoms with Crippen molar-refractivity contribution in [3.05, 3.63) is 163 Å². The number of ether oxygens (including phenoxy) is 1. The van der Waals surface area contributed by atoms with E-state index < -0.39 is 0 Å². The van der Waals surface area contributed by atoms with Crippen LogP contribution in [0.1, 0.15) is 11.1 Å². The Hall–Kier alpha value is -6.06. The van der Waals surface area contributed by atoms with Gasteiger partial charge < -0.3 is 14.2 Å². The summed E-state index contributed by atoms with van der Waals surface area (Å²) in [5.41, 5.74) is 11.6. The van der Waals surface area contributed by atoms with E-state index in [1.807, 2.05) is 0 Å². The van der Waals surface area contributed by atoms with E-state index in [9.17, 15) is 0 Å². The molecule has 0 unspecified atom stereocenters. The van der Waals surface area contributed by atoms with Gasteiger partial charge in [-0.2, -0.15) is 0 Å². The second-order valence-corrected chi connectivity index (χ2v) is 12.1. The van der Waals surface area contributed by atoms with Gasteiger partial charge in [-0.05, 0) is 88.5 Å². The average molecular weight is 589 g/mol. The first-order chi connectivity index (χ1) is 22.8. The van der Waals surface area contributed by atoms with Crippen molar-refractivity contribution in [1.82, 2.24) is 4.57 Å². The van der Waals surface area contributed by atoms with Gasteiger partial charge in [-0.25, -0.2) is 0 Å². The van der Waals surface area contributed by atoms with Crippen molar-refractivity contribution in [3.63, 3.8) is 0 Å². The van der Waals surface area contributed by atoms with Crippen LogP contribution in [0, 0.1) is 0 Å². The normalized spacial score (nSPS) is 13.2. The molecule has 0 N–H and O–H groups in total. The highest BCUT2D eigenvalue weighted by atomic mass is 16.5. The number of rotatable bonds is 3. The summed E-state index contributed by atoms with van der Waals surface area (Å²) in [6.45, 7) is 0. The third kappa shape index (κ3) is 3.66. The number of fused-ring (bicyclic) bond motifs is 6. The maximum Gasteiger partial charge on any atom is 0.155 e. The molecule has 0 fully saturated rings. The van der Waals surface area contributed by atoms with Gasteiger partial charge in [0.05, 0.1) is 22.4 Å². The van der Waals surface area contributed by atoms with E-state index in [2.05, 4.69) is 167 Å². The minimum Gasteiger partial charge on any atom is -0.453 e. The third-order valence-corrected chi connectivity index (χ3v) is 9.54. The molecular formula is C43H28N2O. The number of allylic oxidation sites excluding steroid dienone is 1. The molecule has 0 amide bonds. The van der Waals surface area contributed by atoms with Gasteiger partial charge in [-0.15, -0.1) is 0 Å². The van der Waals surface area contributed by atoms with Gasteiger partial charge in [0, 0.05) is 27.7 Å². The molecule has 3 heteroatoms. The lowest BCUT2D eigenvalue weighted by Gasteiger charge is -2.35. The summed E-state index contributed by atoms with van der Waals surface area (Å²) >= 11 is 0. The molecule has 2 aliphatic rings. The Balaban J connectivity index is 1.24. The summed E-state index contributed by atoms with van der Waals surface area (Å²) < 4.78 is 9.32. The highest BCUT2D eigenvalue weighted by molar-refractivity contribution is 6.11. The predicted octanol–water partition coefficient (Wildman–Crippen LogP) is 11.7. The Bertz CT molecular complexity index is 2530. The molecule has 0 spiro atoms. The van der Waals surface area contributed by atoms with Gasteiger partial charge in [-0.3, -0.25) is 0 Å². The SMILES string of the molecule is C1=Cc2cccc3cc4c(c(c23)C1)Oc1cc(-c2ccccc2)ccc1N4c1ccc2c(c1)c1ccccc1n2-c1ccccc1. The summed E-state index contributed by atoms with van der Waals surface area (Å²) in [6.07, 6.45) is 5.33. The number of para-hydroxylation sites is 2. The highest BCUT2D eigenvalue weighted by Crippen LogP contribution is 2.55. The standard InChI is InChI=1S/C43H28N2O/c1-3-11-28(12-4-1)30-21-23-39-41(26-30)46-43-35-19-10-14-29-13-9-15-31(42(29)35)25-40(43)45(39)33-22-24-38-36(27-33)34-18-7-8-20-37(34)44(38)32-16-5-2-6-17-32/h1-18,20-27H,19H2. The van der Waals surface area contributed by atoms with Crippen molar-refractivity contribution in [2.24, 2.45) is 0 Å². The first-order valence-electron chi connectivity index (χ1n) is 15.8. The minimum absolute atomic E-state index is 0.835. The van der Waals surface area contributed by atoms with Gasteiger partial charge in [0.15, 0.2) is 11.5 Å². The van der Waals surface area contributed by atoms with Crippen molar-refractivity contribution < 1.29 is 4.74 Å². The summed E-state index contributed by atoms with van der Waals surface area (Å²) in [5, 5.41) is 4.97. The Morgan fingerprint density at radius 3 is 2.24 bits per heavy atom. The number of anilines is 3. The molecule has 1 aromatic heterocycles. The molecule has 216 valence electrons. The van der Waals surface area contributed by atoms with E-state index in [-0.39, 0.29) is 0 Å². The number of hydrogen-bond acceptors (Lipinski definition) is 2. The molecule has 7 aromatic carbocycles. The smallest absolute Gasteiger partial charge is 0.155 e. The molecule has 0 atom stereocenters. The lowest BCUT2D eigenvalue weighted by molar-refractivity contribution is 0.473. The van der Waals surface area contributed by atoms with Crippen LogP contribution in [-0.4, -0.2) is 4.57 Å². The van der Waals surface area contributed by atoms with Crippen LogP contribution in [0.3, 0.4) is 0 Å². The maximum absolute atomic E-state index is 6.95. The fraction of sp³-hybridized carbons (Fsp3) is 0.0233. The molecule has 3 nitrogen and oxygen atoms in total. The van der Waals surface area contributed by atoms with Crippen molar-refractivity contribution in [1.29, 1.82) is 0 Å². The average Bonchev–Trinajstić information content (AvgIpc) is 3.45. The monoisotopic (exact) mass is 588 g/mol. The lowest BCUT2D eigenvalue weighted by Crippen LogP contribution is -2.17. The maximum atomic E-state index is 6.95. The van der Waals surface area contributed by atoms with E-state index in [1.165, 1.54) is 49.3 Å². The van der Waals surface area contributed by atoms with Crippen molar-refractivity contribution in [2.45, 2.75) is 6.42 Å². The van der Waals surface area contributed by atoms with Gasteiger partial charge in [0.2, 0.25) is 0 Å². The van der Waals surface area contributed by atoms with Gasteiger partial charge in [0.1, 0.15) is 0 Å². The molecule has 0 bridgehead atoms. The first-order valence-corrected chi connectivity index (χ1v) is 15.8. The summed E-state index contributed by atoms with van der Waals surface area (Å²) in [4.78, 5) is 2.40. The Morgan fingerprint density at radius 2 is 1.35 bits per heavy atom. The fourth-order valence-electron chi connectivity index (χ4n) is 7.52. The Labute approximate surface area is 266 Å². The molecule has 10 rings (SSSR count). The second kappa shape index (κ2) is 9.72.